The Morgan fingerprint density at radius 1 is 1.08 bits per heavy atom. The summed E-state index contributed by atoms with van der Waals surface area (Å²) in [7, 11) is 0. The number of hydrogen-bond acceptors (Lipinski definition) is 3. The van der Waals surface area contributed by atoms with Gasteiger partial charge < -0.3 is 5.32 Å². The topological polar surface area (TPSA) is 46.2 Å². The van der Waals surface area contributed by atoms with Gasteiger partial charge in [-0.25, -0.2) is 0 Å². The fraction of sp³-hybridized carbons (Fsp3) is 0.300. The fourth-order valence-corrected chi connectivity index (χ4v) is 3.45. The second-order valence-electron chi connectivity index (χ2n) is 6.03. The van der Waals surface area contributed by atoms with E-state index in [9.17, 15) is 9.59 Å². The molecule has 0 aliphatic heterocycles. The van der Waals surface area contributed by atoms with Gasteiger partial charge in [0.05, 0.1) is 11.8 Å². The number of hydrogen-bond donors (Lipinski definition) is 1. The number of aryl methyl sites for hydroxylation is 2. The molecule has 0 saturated heterocycles. The lowest BCUT2D eigenvalue weighted by Gasteiger charge is -2.13. The Morgan fingerprint density at radius 2 is 1.75 bits per heavy atom. The van der Waals surface area contributed by atoms with Gasteiger partial charge in [-0.1, -0.05) is 42.0 Å². The van der Waals surface area contributed by atoms with Gasteiger partial charge in [0.25, 0.3) is 0 Å². The normalized spacial score (nSPS) is 11.8. The second kappa shape index (κ2) is 8.15. The molecule has 3 nitrogen and oxygen atoms in total. The van der Waals surface area contributed by atoms with Crippen LogP contribution in [0.4, 0.5) is 0 Å². The van der Waals surface area contributed by atoms with E-state index in [1.54, 1.807) is 11.8 Å². The van der Waals surface area contributed by atoms with Gasteiger partial charge in [0, 0.05) is 17.4 Å². The van der Waals surface area contributed by atoms with Crippen LogP contribution in [0.15, 0.2) is 47.4 Å². The van der Waals surface area contributed by atoms with E-state index in [0.29, 0.717) is 11.3 Å². The van der Waals surface area contributed by atoms with Crippen molar-refractivity contribution in [1.82, 2.24) is 5.32 Å². The molecule has 0 radical (unpaired) electrons. The van der Waals surface area contributed by atoms with Crippen LogP contribution in [0, 0.1) is 13.8 Å². The van der Waals surface area contributed by atoms with E-state index < -0.39 is 0 Å². The monoisotopic (exact) mass is 341 g/mol. The molecule has 0 aliphatic rings. The number of rotatable bonds is 6. The standard InChI is InChI=1S/C20H23NO2S/c1-13-5-6-14(2)20(11-13)24-12-19(23)18-9-7-17(8-10-18)15(3)21-16(4)22/h5-11,15H,12H2,1-4H3,(H,21,22)/t15-/m1/s1. The first-order valence-electron chi connectivity index (χ1n) is 7.97. The Bertz CT molecular complexity index is 738. The third kappa shape index (κ3) is 4.96. The van der Waals surface area contributed by atoms with E-state index in [2.05, 4.69) is 37.4 Å². The number of benzene rings is 2. The number of nitrogens with one attached hydrogen (secondary N) is 1. The van der Waals surface area contributed by atoms with Crippen molar-refractivity contribution in [2.24, 2.45) is 0 Å². The predicted octanol–water partition coefficient (Wildman–Crippen LogP) is 4.48. The third-order valence-corrected chi connectivity index (χ3v) is 5.01. The van der Waals surface area contributed by atoms with Crippen molar-refractivity contribution in [3.63, 3.8) is 0 Å². The van der Waals surface area contributed by atoms with Crippen LogP contribution in [0.25, 0.3) is 0 Å². The molecule has 2 aromatic carbocycles. The highest BCUT2D eigenvalue weighted by atomic mass is 32.2. The van der Waals surface area contributed by atoms with E-state index in [0.717, 1.165) is 10.5 Å². The van der Waals surface area contributed by atoms with Crippen LogP contribution in [0.3, 0.4) is 0 Å². The Balaban J connectivity index is 2.00. The van der Waals surface area contributed by atoms with E-state index >= 15 is 0 Å². The number of Topliss-reactive ketones (excluding diaryl/α,β-unsaturated/α-hetero) is 1. The Kier molecular flexibility index (Phi) is 6.21. The van der Waals surface area contributed by atoms with Crippen molar-refractivity contribution < 1.29 is 9.59 Å². The summed E-state index contributed by atoms with van der Waals surface area (Å²) in [6.45, 7) is 7.54. The predicted molar refractivity (Wildman–Crippen MR) is 99.6 cm³/mol. The lowest BCUT2D eigenvalue weighted by Crippen LogP contribution is -2.23. The molecule has 0 fully saturated rings. The van der Waals surface area contributed by atoms with Gasteiger partial charge in [0.2, 0.25) is 5.91 Å². The first-order valence-corrected chi connectivity index (χ1v) is 8.95. The van der Waals surface area contributed by atoms with E-state index in [-0.39, 0.29) is 17.7 Å². The zero-order valence-corrected chi connectivity index (χ0v) is 15.4. The lowest BCUT2D eigenvalue weighted by atomic mass is 10.0. The van der Waals surface area contributed by atoms with Crippen LogP contribution >= 0.6 is 11.8 Å². The molecule has 1 atom stereocenters. The molecular formula is C20H23NO2S. The maximum atomic E-state index is 12.4. The average Bonchev–Trinajstić information content (AvgIpc) is 2.55. The molecule has 0 aromatic heterocycles. The minimum Gasteiger partial charge on any atom is -0.350 e. The first kappa shape index (κ1) is 18.3. The van der Waals surface area contributed by atoms with Crippen molar-refractivity contribution in [1.29, 1.82) is 0 Å². The fourth-order valence-electron chi connectivity index (χ4n) is 2.44. The van der Waals surface area contributed by atoms with Gasteiger partial charge >= 0.3 is 0 Å². The molecule has 0 aliphatic carbocycles. The molecule has 0 spiro atoms. The van der Waals surface area contributed by atoms with Crippen LogP contribution in [0.2, 0.25) is 0 Å². The van der Waals surface area contributed by atoms with Crippen LogP contribution in [-0.4, -0.2) is 17.4 Å². The minimum absolute atomic E-state index is 0.0593. The van der Waals surface area contributed by atoms with Gasteiger partial charge in [0.15, 0.2) is 5.78 Å². The summed E-state index contributed by atoms with van der Waals surface area (Å²) >= 11 is 1.58. The third-order valence-electron chi connectivity index (χ3n) is 3.85. The molecule has 1 N–H and O–H groups in total. The van der Waals surface area contributed by atoms with Crippen LogP contribution in [0.5, 0.6) is 0 Å². The molecular weight excluding hydrogens is 318 g/mol. The summed E-state index contributed by atoms with van der Waals surface area (Å²) in [4.78, 5) is 24.6. The van der Waals surface area contributed by atoms with Gasteiger partial charge in [-0.3, -0.25) is 9.59 Å². The van der Waals surface area contributed by atoms with Crippen molar-refractivity contribution >= 4 is 23.5 Å². The Morgan fingerprint density at radius 3 is 2.38 bits per heavy atom. The van der Waals surface area contributed by atoms with Gasteiger partial charge in [-0.05, 0) is 38.0 Å². The van der Waals surface area contributed by atoms with E-state index in [4.69, 9.17) is 0 Å². The van der Waals surface area contributed by atoms with Crippen molar-refractivity contribution in [3.05, 3.63) is 64.7 Å². The van der Waals surface area contributed by atoms with E-state index in [1.165, 1.54) is 18.1 Å². The zero-order valence-electron chi connectivity index (χ0n) is 14.6. The number of carbonyl (C=O) groups excluding carboxylic acids is 2. The molecule has 1 amide bonds. The first-order chi connectivity index (χ1) is 11.4. The highest BCUT2D eigenvalue weighted by Gasteiger charge is 2.10. The number of ketones is 1. The summed E-state index contributed by atoms with van der Waals surface area (Å²) in [5.41, 5.74) is 4.08. The minimum atomic E-state index is -0.0624. The van der Waals surface area contributed by atoms with E-state index in [1.807, 2.05) is 31.2 Å². The lowest BCUT2D eigenvalue weighted by molar-refractivity contribution is -0.119. The second-order valence-corrected chi connectivity index (χ2v) is 7.04. The smallest absolute Gasteiger partial charge is 0.217 e. The molecule has 0 bridgehead atoms. The number of amides is 1. The van der Waals surface area contributed by atoms with Crippen molar-refractivity contribution in [2.45, 2.75) is 38.6 Å². The van der Waals surface area contributed by atoms with Crippen LogP contribution in [0.1, 0.15) is 46.9 Å². The molecule has 2 rings (SSSR count). The maximum absolute atomic E-state index is 12.4. The molecule has 0 saturated carbocycles. The summed E-state index contributed by atoms with van der Waals surface area (Å²) in [6.07, 6.45) is 0. The van der Waals surface area contributed by atoms with Crippen LogP contribution < -0.4 is 5.32 Å². The SMILES string of the molecule is CC(=O)N[C@H](C)c1ccc(C(=O)CSc2cc(C)ccc2C)cc1. The van der Waals surface area contributed by atoms with Crippen LogP contribution in [-0.2, 0) is 4.79 Å². The highest BCUT2D eigenvalue weighted by molar-refractivity contribution is 8.00. The quantitative estimate of drug-likeness (QED) is 0.622. The summed E-state index contributed by atoms with van der Waals surface area (Å²) in [5, 5.41) is 2.84. The summed E-state index contributed by atoms with van der Waals surface area (Å²) in [6, 6.07) is 13.7. The number of thioether (sulfide) groups is 1. The Labute approximate surface area is 147 Å². The maximum Gasteiger partial charge on any atom is 0.217 e. The number of carbonyl (C=O) groups is 2. The van der Waals surface area contributed by atoms with Crippen molar-refractivity contribution in [3.8, 4) is 0 Å². The summed E-state index contributed by atoms with van der Waals surface area (Å²) in [5.74, 6) is 0.470. The largest absolute Gasteiger partial charge is 0.350 e. The zero-order chi connectivity index (χ0) is 17.7. The molecule has 2 aromatic rings. The van der Waals surface area contributed by atoms with Gasteiger partial charge in [0.1, 0.15) is 0 Å². The highest BCUT2D eigenvalue weighted by Crippen LogP contribution is 2.24. The molecule has 0 unspecified atom stereocenters. The van der Waals surface area contributed by atoms with Gasteiger partial charge in [-0.15, -0.1) is 11.8 Å². The average molecular weight is 341 g/mol. The van der Waals surface area contributed by atoms with Crippen molar-refractivity contribution in [2.75, 3.05) is 5.75 Å². The van der Waals surface area contributed by atoms with Gasteiger partial charge in [-0.2, -0.15) is 0 Å². The summed E-state index contributed by atoms with van der Waals surface area (Å²) < 4.78 is 0. The molecule has 126 valence electrons. The molecule has 4 heteroatoms. The molecule has 24 heavy (non-hydrogen) atoms. The Hall–Kier alpha value is -2.07. The molecule has 0 heterocycles.